The van der Waals surface area contributed by atoms with E-state index in [4.69, 9.17) is 11.6 Å². The topological polar surface area (TPSA) is 57.5 Å². The third-order valence-electron chi connectivity index (χ3n) is 1.57. The summed E-state index contributed by atoms with van der Waals surface area (Å²) in [7, 11) is 1.77. The number of imidazole rings is 1. The van der Waals surface area contributed by atoms with Gasteiger partial charge in [-0.15, -0.1) is 11.6 Å². The molecular formula is C6H10ClN3O. The Balaban J connectivity index is 3.00. The number of hydrogen-bond donors (Lipinski definition) is 1. The summed E-state index contributed by atoms with van der Waals surface area (Å²) in [6, 6.07) is 0. The Labute approximate surface area is 69.8 Å². The molecule has 0 radical (unpaired) electrons. The highest BCUT2D eigenvalue weighted by atomic mass is 35.5. The smallest absolute Gasteiger partial charge is 0.305 e. The van der Waals surface area contributed by atoms with Crippen LogP contribution in [0.1, 0.15) is 18.0 Å². The van der Waals surface area contributed by atoms with E-state index in [9.17, 15) is 5.21 Å². The first kappa shape index (κ1) is 8.52. The van der Waals surface area contributed by atoms with Crippen molar-refractivity contribution in [2.75, 3.05) is 0 Å². The Hall–Kier alpha value is -0.580. The molecule has 0 spiro atoms. The zero-order chi connectivity index (χ0) is 8.43. The zero-order valence-corrected chi connectivity index (χ0v) is 7.17. The van der Waals surface area contributed by atoms with Gasteiger partial charge in [0.2, 0.25) is 0 Å². The molecule has 0 bridgehead atoms. The summed E-state index contributed by atoms with van der Waals surface area (Å²) in [4.78, 5) is 3.87. The summed E-state index contributed by atoms with van der Waals surface area (Å²) in [6.45, 7) is 1.84. The van der Waals surface area contributed by atoms with Gasteiger partial charge in [0.1, 0.15) is 0 Å². The zero-order valence-electron chi connectivity index (χ0n) is 6.41. The number of halogens is 1. The van der Waals surface area contributed by atoms with Crippen LogP contribution >= 0.6 is 11.6 Å². The van der Waals surface area contributed by atoms with Gasteiger partial charge in [-0.05, 0) is 6.92 Å². The lowest BCUT2D eigenvalue weighted by molar-refractivity contribution is -0.507. The summed E-state index contributed by atoms with van der Waals surface area (Å²) >= 11 is 5.80. The van der Waals surface area contributed by atoms with Crippen molar-refractivity contribution in [1.29, 1.82) is 0 Å². The molecule has 4 nitrogen and oxygen atoms in total. The highest BCUT2D eigenvalue weighted by Crippen LogP contribution is 2.19. The molecule has 0 aliphatic carbocycles. The number of nitrogens with zero attached hydrogens (tertiary/aromatic N) is 2. The lowest BCUT2D eigenvalue weighted by Crippen LogP contribution is -2.71. The van der Waals surface area contributed by atoms with E-state index in [0.717, 1.165) is 5.69 Å². The van der Waals surface area contributed by atoms with Gasteiger partial charge in [-0.3, -0.25) is 4.57 Å². The summed E-state index contributed by atoms with van der Waals surface area (Å²) < 4.78 is 1.69. The first-order valence-corrected chi connectivity index (χ1v) is 3.71. The fourth-order valence-electron chi connectivity index (χ4n) is 0.917. The largest absolute Gasteiger partial charge is 0.628 e. The Morgan fingerprint density at radius 2 is 2.45 bits per heavy atom. The average molecular weight is 176 g/mol. The maximum absolute atomic E-state index is 10.3. The minimum atomic E-state index is -0.110. The van der Waals surface area contributed by atoms with Crippen molar-refractivity contribution in [3.63, 3.8) is 0 Å². The van der Waals surface area contributed by atoms with Gasteiger partial charge in [-0.1, -0.05) is 0 Å². The van der Waals surface area contributed by atoms with Gasteiger partial charge in [0.15, 0.2) is 0 Å². The molecule has 2 N–H and O–H groups in total. The molecule has 5 heteroatoms. The first-order chi connectivity index (χ1) is 5.16. The van der Waals surface area contributed by atoms with Crippen LogP contribution in [-0.2, 0) is 7.05 Å². The minimum Gasteiger partial charge on any atom is -0.628 e. The SMILES string of the molecule is CC(Cl)c1cnc([NH2+][O-])n1C. The highest BCUT2D eigenvalue weighted by Gasteiger charge is 2.10. The van der Waals surface area contributed by atoms with Gasteiger partial charge >= 0.3 is 5.95 Å². The number of aromatic nitrogens is 2. The molecule has 0 aliphatic heterocycles. The number of quaternary nitrogens is 1. The van der Waals surface area contributed by atoms with E-state index in [1.54, 1.807) is 17.8 Å². The molecule has 1 atom stereocenters. The molecule has 1 heterocycles. The van der Waals surface area contributed by atoms with Crippen LogP contribution in [0.15, 0.2) is 6.20 Å². The molecule has 11 heavy (non-hydrogen) atoms. The maximum atomic E-state index is 10.3. The third-order valence-corrected chi connectivity index (χ3v) is 1.80. The molecule has 1 rings (SSSR count). The first-order valence-electron chi connectivity index (χ1n) is 3.27. The quantitative estimate of drug-likeness (QED) is 0.523. The Bertz CT molecular complexity index is 246. The third kappa shape index (κ3) is 1.53. The van der Waals surface area contributed by atoms with E-state index in [1.807, 2.05) is 6.92 Å². The van der Waals surface area contributed by atoms with Crippen molar-refractivity contribution in [3.05, 3.63) is 17.1 Å². The molecule has 0 aromatic carbocycles. The molecule has 1 unspecified atom stereocenters. The van der Waals surface area contributed by atoms with E-state index in [1.165, 1.54) is 0 Å². The van der Waals surface area contributed by atoms with Crippen LogP contribution in [0.25, 0.3) is 0 Å². The Morgan fingerprint density at radius 3 is 2.73 bits per heavy atom. The standard InChI is InChI=1S/C6H10ClN3O/c1-4(7)5-3-8-6(9-11)10(5)2/h3-4H,9H2,1-2H3. The number of hydrogen-bond acceptors (Lipinski definition) is 2. The van der Waals surface area contributed by atoms with Gasteiger partial charge in [-0.2, -0.15) is 4.98 Å². The van der Waals surface area contributed by atoms with E-state index < -0.39 is 0 Å². The predicted octanol–water partition coefficient (Wildman–Crippen LogP) is 0.413. The molecule has 1 aromatic heterocycles. The molecule has 0 fully saturated rings. The summed E-state index contributed by atoms with van der Waals surface area (Å²) in [5, 5.41) is 10.2. The Kier molecular flexibility index (Phi) is 2.49. The van der Waals surface area contributed by atoms with E-state index in [0.29, 0.717) is 11.4 Å². The lowest BCUT2D eigenvalue weighted by Gasteiger charge is -2.05. The second kappa shape index (κ2) is 3.21. The average Bonchev–Trinajstić information content (AvgIpc) is 2.30. The molecular weight excluding hydrogens is 166 g/mol. The van der Waals surface area contributed by atoms with Crippen molar-refractivity contribution >= 4 is 17.5 Å². The van der Waals surface area contributed by atoms with E-state index in [-0.39, 0.29) is 5.38 Å². The van der Waals surface area contributed by atoms with Crippen LogP contribution in [0, 0.1) is 5.21 Å². The van der Waals surface area contributed by atoms with Crippen LogP contribution in [0.3, 0.4) is 0 Å². The number of rotatable bonds is 2. The molecule has 0 amide bonds. The van der Waals surface area contributed by atoms with Crippen molar-refractivity contribution in [1.82, 2.24) is 9.55 Å². The molecule has 0 saturated carbocycles. The highest BCUT2D eigenvalue weighted by molar-refractivity contribution is 6.20. The normalized spacial score (nSPS) is 13.5. The summed E-state index contributed by atoms with van der Waals surface area (Å²) in [5.41, 5.74) is 1.57. The van der Waals surface area contributed by atoms with Crippen LogP contribution in [-0.4, -0.2) is 9.55 Å². The van der Waals surface area contributed by atoms with Crippen molar-refractivity contribution in [3.8, 4) is 0 Å². The van der Waals surface area contributed by atoms with Gasteiger partial charge in [0.25, 0.3) is 0 Å². The van der Waals surface area contributed by atoms with Gasteiger partial charge in [-0.25, -0.2) is 0 Å². The van der Waals surface area contributed by atoms with Gasteiger partial charge in [0.05, 0.1) is 17.3 Å². The van der Waals surface area contributed by atoms with E-state index in [2.05, 4.69) is 4.98 Å². The number of alkyl halides is 1. The van der Waals surface area contributed by atoms with Crippen molar-refractivity contribution < 1.29 is 5.48 Å². The second-order valence-electron chi connectivity index (χ2n) is 2.33. The van der Waals surface area contributed by atoms with Crippen molar-refractivity contribution in [2.24, 2.45) is 7.05 Å². The van der Waals surface area contributed by atoms with Crippen LogP contribution < -0.4 is 5.48 Å². The molecule has 1 aromatic rings. The summed E-state index contributed by atoms with van der Waals surface area (Å²) in [5.74, 6) is 0.410. The van der Waals surface area contributed by atoms with Crippen molar-refractivity contribution in [2.45, 2.75) is 12.3 Å². The van der Waals surface area contributed by atoms with Gasteiger partial charge in [0, 0.05) is 7.05 Å². The van der Waals surface area contributed by atoms with Crippen LogP contribution in [0.2, 0.25) is 0 Å². The second-order valence-corrected chi connectivity index (χ2v) is 2.99. The van der Waals surface area contributed by atoms with Crippen LogP contribution in [0.4, 0.5) is 5.95 Å². The molecule has 62 valence electrons. The number of nitrogens with two attached hydrogens (primary N) is 1. The fraction of sp³-hybridized carbons (Fsp3) is 0.500. The summed E-state index contributed by atoms with van der Waals surface area (Å²) in [6.07, 6.45) is 1.61. The monoisotopic (exact) mass is 175 g/mol. The van der Waals surface area contributed by atoms with Gasteiger partial charge < -0.3 is 10.7 Å². The predicted molar refractivity (Wildman–Crippen MR) is 42.4 cm³/mol. The molecule has 0 saturated heterocycles. The lowest BCUT2D eigenvalue weighted by atomic mass is 10.3. The fourth-order valence-corrected chi connectivity index (χ4v) is 1.12. The van der Waals surface area contributed by atoms with E-state index >= 15 is 0 Å². The maximum Gasteiger partial charge on any atom is 0.305 e. The van der Waals surface area contributed by atoms with Crippen LogP contribution in [0.5, 0.6) is 0 Å². The Morgan fingerprint density at radius 1 is 1.82 bits per heavy atom. The molecule has 0 aliphatic rings. The minimum absolute atomic E-state index is 0.110.